The second-order valence-electron chi connectivity index (χ2n) is 6.75. The van der Waals surface area contributed by atoms with E-state index in [1.807, 2.05) is 24.4 Å². The Morgan fingerprint density at radius 1 is 1.08 bits per heavy atom. The molecule has 1 heterocycles. The van der Waals surface area contributed by atoms with E-state index in [0.717, 1.165) is 42.7 Å². The van der Waals surface area contributed by atoms with Crippen molar-refractivity contribution in [2.75, 3.05) is 6.61 Å². The number of unbranched alkanes of at least 4 members (excludes halogenated alkanes) is 3. The number of nitrogens with zero attached hydrogens (tertiary/aromatic N) is 1. The Morgan fingerprint density at radius 3 is 2.58 bits per heavy atom. The smallest absolute Gasteiger partial charge is 0.115 e. The van der Waals surface area contributed by atoms with Gasteiger partial charge in [0.1, 0.15) is 5.75 Å². The number of hydrogen-bond acceptors (Lipinski definition) is 3. The number of ether oxygens (including phenoxy) is 1. The summed E-state index contributed by atoms with van der Waals surface area (Å²) in [5.74, 6) is 0.272. The minimum Gasteiger partial charge on any atom is -0.508 e. The maximum absolute atomic E-state index is 9.35. The van der Waals surface area contributed by atoms with E-state index in [-0.39, 0.29) is 5.75 Å². The van der Waals surface area contributed by atoms with Crippen LogP contribution in [0.1, 0.15) is 57.9 Å². The fourth-order valence-corrected chi connectivity index (χ4v) is 2.77. The summed E-state index contributed by atoms with van der Waals surface area (Å²) in [6.45, 7) is 5.28. The van der Waals surface area contributed by atoms with Crippen molar-refractivity contribution < 1.29 is 9.84 Å². The zero-order valence-corrected chi connectivity index (χ0v) is 16.0. The molecule has 0 aliphatic heterocycles. The van der Waals surface area contributed by atoms with Crippen molar-refractivity contribution in [3.63, 3.8) is 0 Å². The highest BCUT2D eigenvalue weighted by Crippen LogP contribution is 2.20. The van der Waals surface area contributed by atoms with Gasteiger partial charge in [-0.2, -0.15) is 0 Å². The number of hydrogen-bond donors (Lipinski definition) is 1. The predicted octanol–water partition coefficient (Wildman–Crippen LogP) is 6.23. The van der Waals surface area contributed by atoms with Crippen molar-refractivity contribution >= 4 is 6.08 Å². The van der Waals surface area contributed by atoms with Crippen molar-refractivity contribution in [3.05, 3.63) is 54.2 Å². The summed E-state index contributed by atoms with van der Waals surface area (Å²) in [6.07, 6.45) is 13.6. The van der Waals surface area contributed by atoms with Gasteiger partial charge in [0.25, 0.3) is 0 Å². The Morgan fingerprint density at radius 2 is 1.88 bits per heavy atom. The lowest BCUT2D eigenvalue weighted by Crippen LogP contribution is -2.08. The third kappa shape index (κ3) is 7.40. The first-order valence-electron chi connectivity index (χ1n) is 9.72. The van der Waals surface area contributed by atoms with Gasteiger partial charge in [0.15, 0.2) is 0 Å². The molecule has 1 unspecified atom stereocenters. The zero-order chi connectivity index (χ0) is 18.6. The van der Waals surface area contributed by atoms with E-state index < -0.39 is 0 Å². The Hall–Kier alpha value is -2.13. The van der Waals surface area contributed by atoms with Gasteiger partial charge in [0.05, 0.1) is 11.8 Å². The van der Waals surface area contributed by atoms with E-state index in [4.69, 9.17) is 4.74 Å². The number of benzene rings is 1. The van der Waals surface area contributed by atoms with Crippen molar-refractivity contribution in [1.29, 1.82) is 0 Å². The number of phenols is 1. The Labute approximate surface area is 157 Å². The fraction of sp³-hybridized carbons (Fsp3) is 0.435. The van der Waals surface area contributed by atoms with Crippen LogP contribution in [0.5, 0.6) is 5.75 Å². The second-order valence-corrected chi connectivity index (χ2v) is 6.75. The van der Waals surface area contributed by atoms with Crippen molar-refractivity contribution in [3.8, 4) is 17.0 Å². The lowest BCUT2D eigenvalue weighted by molar-refractivity contribution is 0.0566. The molecule has 0 fully saturated rings. The van der Waals surface area contributed by atoms with Crippen LogP contribution in [-0.4, -0.2) is 22.8 Å². The van der Waals surface area contributed by atoms with Crippen LogP contribution in [-0.2, 0) is 4.74 Å². The third-order valence-corrected chi connectivity index (χ3v) is 4.39. The topological polar surface area (TPSA) is 42.4 Å². The van der Waals surface area contributed by atoms with Crippen LogP contribution in [0, 0.1) is 0 Å². The normalized spacial score (nSPS) is 12.5. The number of phenolic OH excluding ortho intramolecular Hbond substituents is 1. The summed E-state index contributed by atoms with van der Waals surface area (Å²) < 4.78 is 5.82. The molecule has 0 spiro atoms. The molecule has 0 aliphatic rings. The number of rotatable bonds is 11. The number of pyridine rings is 1. The molecule has 0 amide bonds. The molecule has 0 saturated carbocycles. The lowest BCUT2D eigenvalue weighted by atomic mass is 10.1. The maximum atomic E-state index is 9.35. The van der Waals surface area contributed by atoms with Gasteiger partial charge in [-0.1, -0.05) is 38.0 Å². The highest BCUT2D eigenvalue weighted by atomic mass is 16.5. The predicted molar refractivity (Wildman–Crippen MR) is 109 cm³/mol. The molecular formula is C23H31NO2. The highest BCUT2D eigenvalue weighted by Gasteiger charge is 2.01. The van der Waals surface area contributed by atoms with E-state index >= 15 is 0 Å². The average Bonchev–Trinajstić information content (AvgIpc) is 2.66. The number of aromatic nitrogens is 1. The van der Waals surface area contributed by atoms with E-state index in [1.54, 1.807) is 12.1 Å². The van der Waals surface area contributed by atoms with Gasteiger partial charge in [-0.15, -0.1) is 0 Å². The molecule has 1 N–H and O–H groups in total. The Bertz CT molecular complexity index is 647. The summed E-state index contributed by atoms with van der Waals surface area (Å²) in [6, 6.07) is 11.2. The van der Waals surface area contributed by atoms with Gasteiger partial charge in [0, 0.05) is 18.4 Å². The first kappa shape index (κ1) is 20.2. The van der Waals surface area contributed by atoms with Crippen LogP contribution in [0.15, 0.2) is 48.7 Å². The molecule has 3 heteroatoms. The van der Waals surface area contributed by atoms with E-state index in [2.05, 4.69) is 37.0 Å². The standard InChI is InChI=1S/C23H31NO2/c1-3-4-8-17-26-19(2)9-6-5-7-10-20-11-16-23(24-18-20)21-12-14-22(25)15-13-21/h7,10-16,18-19,25H,3-6,8-9,17H2,1-2H3. The van der Waals surface area contributed by atoms with Crippen LogP contribution in [0.4, 0.5) is 0 Å². The number of allylic oxidation sites excluding steroid dienone is 1. The van der Waals surface area contributed by atoms with Crippen molar-refractivity contribution in [2.24, 2.45) is 0 Å². The summed E-state index contributed by atoms with van der Waals surface area (Å²) in [4.78, 5) is 4.50. The largest absolute Gasteiger partial charge is 0.508 e. The Kier molecular flexibility index (Phi) is 8.91. The molecule has 0 saturated heterocycles. The van der Waals surface area contributed by atoms with Gasteiger partial charge in [-0.3, -0.25) is 4.98 Å². The number of aromatic hydroxyl groups is 1. The Balaban J connectivity index is 1.69. The maximum Gasteiger partial charge on any atom is 0.115 e. The zero-order valence-electron chi connectivity index (χ0n) is 16.0. The van der Waals surface area contributed by atoms with Crippen molar-refractivity contribution in [1.82, 2.24) is 4.98 Å². The van der Waals surface area contributed by atoms with Gasteiger partial charge < -0.3 is 9.84 Å². The SMILES string of the molecule is CCCCCOC(C)CCCC=Cc1ccc(-c2ccc(O)cc2)nc1. The summed E-state index contributed by atoms with van der Waals surface area (Å²) in [5.41, 5.74) is 3.03. The van der Waals surface area contributed by atoms with E-state index in [0.29, 0.717) is 6.10 Å². The first-order chi connectivity index (χ1) is 12.7. The van der Waals surface area contributed by atoms with E-state index in [9.17, 15) is 5.11 Å². The van der Waals surface area contributed by atoms with Crippen LogP contribution in [0.2, 0.25) is 0 Å². The highest BCUT2D eigenvalue weighted by molar-refractivity contribution is 5.61. The molecule has 3 nitrogen and oxygen atoms in total. The van der Waals surface area contributed by atoms with Crippen LogP contribution in [0.25, 0.3) is 17.3 Å². The minimum atomic E-state index is 0.272. The molecule has 0 aliphatic carbocycles. The quantitative estimate of drug-likeness (QED) is 0.487. The summed E-state index contributed by atoms with van der Waals surface area (Å²) in [5, 5.41) is 9.35. The monoisotopic (exact) mass is 353 g/mol. The van der Waals surface area contributed by atoms with Crippen LogP contribution in [0.3, 0.4) is 0 Å². The minimum absolute atomic E-state index is 0.272. The molecule has 2 aromatic rings. The van der Waals surface area contributed by atoms with E-state index in [1.165, 1.54) is 19.3 Å². The first-order valence-corrected chi connectivity index (χ1v) is 9.72. The molecule has 2 rings (SSSR count). The lowest BCUT2D eigenvalue weighted by Gasteiger charge is -2.11. The van der Waals surface area contributed by atoms with Crippen molar-refractivity contribution in [2.45, 2.75) is 58.5 Å². The second kappa shape index (κ2) is 11.5. The van der Waals surface area contributed by atoms with Gasteiger partial charge in [0.2, 0.25) is 0 Å². The molecule has 140 valence electrons. The van der Waals surface area contributed by atoms with Crippen LogP contribution >= 0.6 is 0 Å². The van der Waals surface area contributed by atoms with Gasteiger partial charge >= 0.3 is 0 Å². The molecular weight excluding hydrogens is 322 g/mol. The third-order valence-electron chi connectivity index (χ3n) is 4.39. The van der Waals surface area contributed by atoms with Gasteiger partial charge in [-0.25, -0.2) is 0 Å². The summed E-state index contributed by atoms with van der Waals surface area (Å²) >= 11 is 0. The molecule has 0 radical (unpaired) electrons. The average molecular weight is 354 g/mol. The van der Waals surface area contributed by atoms with Gasteiger partial charge in [-0.05, 0) is 68.5 Å². The molecule has 1 aromatic carbocycles. The molecule has 0 bridgehead atoms. The molecule has 26 heavy (non-hydrogen) atoms. The van der Waals surface area contributed by atoms with Crippen LogP contribution < -0.4 is 0 Å². The molecule has 1 atom stereocenters. The fourth-order valence-electron chi connectivity index (χ4n) is 2.77. The molecule has 1 aromatic heterocycles. The summed E-state index contributed by atoms with van der Waals surface area (Å²) in [7, 11) is 0.